The predicted molar refractivity (Wildman–Crippen MR) is 79.5 cm³/mol. The molecule has 2 aromatic heterocycles. The maximum Gasteiger partial charge on any atom is 0.272 e. The minimum atomic E-state index is -0.0297. The largest absolute Gasteiger partial charge is 0.330 e. The number of nitrogens with zero attached hydrogens (tertiary/aromatic N) is 2. The maximum absolute atomic E-state index is 12.6. The molecule has 0 saturated carbocycles. The summed E-state index contributed by atoms with van der Waals surface area (Å²) < 4.78 is 0. The van der Waals surface area contributed by atoms with Crippen molar-refractivity contribution in [2.45, 2.75) is 19.4 Å². The Kier molecular flexibility index (Phi) is 3.42. The van der Waals surface area contributed by atoms with Crippen molar-refractivity contribution in [2.24, 2.45) is 5.84 Å². The van der Waals surface area contributed by atoms with Gasteiger partial charge in [-0.1, -0.05) is 0 Å². The number of aromatic nitrogens is 1. The van der Waals surface area contributed by atoms with Crippen molar-refractivity contribution >= 4 is 22.9 Å². The molecule has 3 heterocycles. The van der Waals surface area contributed by atoms with Gasteiger partial charge in [-0.3, -0.25) is 10.6 Å². The first-order chi connectivity index (χ1) is 9.70. The minimum absolute atomic E-state index is 0.0297. The second-order valence-electron chi connectivity index (χ2n) is 4.80. The molecule has 5 nitrogen and oxygen atoms in total. The van der Waals surface area contributed by atoms with Gasteiger partial charge in [-0.25, -0.2) is 4.98 Å². The number of hydrogen-bond donors (Lipinski definition) is 2. The quantitative estimate of drug-likeness (QED) is 0.656. The molecular weight excluding hydrogens is 272 g/mol. The van der Waals surface area contributed by atoms with Crippen LogP contribution in [-0.4, -0.2) is 22.3 Å². The number of thiophene rings is 1. The van der Waals surface area contributed by atoms with Crippen molar-refractivity contribution < 1.29 is 4.79 Å². The average Bonchev–Trinajstić information content (AvgIpc) is 2.96. The Hall–Kier alpha value is -1.92. The number of fused-ring (bicyclic) bond motifs is 1. The zero-order chi connectivity index (χ0) is 14.1. The number of hydrogen-bond acceptors (Lipinski definition) is 5. The van der Waals surface area contributed by atoms with Crippen LogP contribution in [-0.2, 0) is 6.42 Å². The van der Waals surface area contributed by atoms with Crippen molar-refractivity contribution in [1.29, 1.82) is 0 Å². The highest BCUT2D eigenvalue weighted by Crippen LogP contribution is 2.33. The second kappa shape index (κ2) is 5.22. The van der Waals surface area contributed by atoms with E-state index in [0.29, 0.717) is 11.4 Å². The highest BCUT2D eigenvalue weighted by molar-refractivity contribution is 7.10. The number of carbonyl (C=O) groups is 1. The average molecular weight is 288 g/mol. The van der Waals surface area contributed by atoms with E-state index < -0.39 is 0 Å². The van der Waals surface area contributed by atoms with Gasteiger partial charge < -0.3 is 10.3 Å². The number of carbonyl (C=O) groups excluding carboxylic acids is 1. The molecular formula is C14H16N4OS. The van der Waals surface area contributed by atoms with E-state index in [1.807, 2.05) is 4.90 Å². The van der Waals surface area contributed by atoms with Crippen molar-refractivity contribution in [3.05, 3.63) is 45.9 Å². The lowest BCUT2D eigenvalue weighted by molar-refractivity contribution is 0.0673. The van der Waals surface area contributed by atoms with Gasteiger partial charge in [-0.15, -0.1) is 11.3 Å². The summed E-state index contributed by atoms with van der Waals surface area (Å²) in [7, 11) is 0. The molecule has 0 spiro atoms. The van der Waals surface area contributed by atoms with Crippen LogP contribution >= 0.6 is 11.3 Å². The molecule has 3 N–H and O–H groups in total. The standard InChI is InChI=1S/C14H16N4OS/c1-9-11-5-7-20-13(11)4-6-18(9)14(19)12-3-2-10(17-15)8-16-12/h2-3,5,7-9,17H,4,6,15H2,1H3. The van der Waals surface area contributed by atoms with Gasteiger partial charge in [-0.2, -0.15) is 0 Å². The topological polar surface area (TPSA) is 71.2 Å². The Morgan fingerprint density at radius 1 is 1.50 bits per heavy atom. The molecule has 0 bridgehead atoms. The van der Waals surface area contributed by atoms with Gasteiger partial charge in [0.1, 0.15) is 5.69 Å². The van der Waals surface area contributed by atoms with Gasteiger partial charge in [0, 0.05) is 11.4 Å². The van der Waals surface area contributed by atoms with Crippen LogP contribution < -0.4 is 11.3 Å². The molecule has 0 aliphatic carbocycles. The predicted octanol–water partition coefficient (Wildman–Crippen LogP) is 2.19. The van der Waals surface area contributed by atoms with Crippen LogP contribution in [0.4, 0.5) is 5.69 Å². The van der Waals surface area contributed by atoms with Crippen LogP contribution in [0.2, 0.25) is 0 Å². The molecule has 0 radical (unpaired) electrons. The van der Waals surface area contributed by atoms with E-state index in [1.54, 1.807) is 29.7 Å². The first-order valence-corrected chi connectivity index (χ1v) is 7.38. The summed E-state index contributed by atoms with van der Waals surface area (Å²) in [5.74, 6) is 5.27. The zero-order valence-electron chi connectivity index (χ0n) is 11.2. The summed E-state index contributed by atoms with van der Waals surface area (Å²) in [5.41, 5.74) is 4.91. The van der Waals surface area contributed by atoms with Crippen LogP contribution in [0.1, 0.15) is 33.9 Å². The van der Waals surface area contributed by atoms with Gasteiger partial charge in [-0.05, 0) is 42.5 Å². The normalized spacial score (nSPS) is 17.7. The maximum atomic E-state index is 12.6. The van der Waals surface area contributed by atoms with Crippen molar-refractivity contribution in [2.75, 3.05) is 12.0 Å². The molecule has 0 fully saturated rings. The smallest absolute Gasteiger partial charge is 0.272 e. The summed E-state index contributed by atoms with van der Waals surface area (Å²) >= 11 is 1.77. The van der Waals surface area contributed by atoms with Crippen LogP contribution in [0.25, 0.3) is 0 Å². The number of anilines is 1. The third-order valence-electron chi connectivity index (χ3n) is 3.69. The Labute approximate surface area is 121 Å². The van der Waals surface area contributed by atoms with Crippen LogP contribution in [0, 0.1) is 0 Å². The minimum Gasteiger partial charge on any atom is -0.330 e. The lowest BCUT2D eigenvalue weighted by Crippen LogP contribution is -2.38. The Bertz CT molecular complexity index is 622. The third-order valence-corrected chi connectivity index (χ3v) is 4.68. The van der Waals surface area contributed by atoms with Crippen molar-refractivity contribution in [1.82, 2.24) is 9.88 Å². The van der Waals surface area contributed by atoms with Crippen LogP contribution in [0.5, 0.6) is 0 Å². The highest BCUT2D eigenvalue weighted by atomic mass is 32.1. The van der Waals surface area contributed by atoms with Gasteiger partial charge >= 0.3 is 0 Å². The van der Waals surface area contributed by atoms with Gasteiger partial charge in [0.15, 0.2) is 0 Å². The molecule has 1 aliphatic heterocycles. The van der Waals surface area contributed by atoms with E-state index in [1.165, 1.54) is 10.4 Å². The molecule has 1 amide bonds. The summed E-state index contributed by atoms with van der Waals surface area (Å²) in [4.78, 5) is 20.0. The third kappa shape index (κ3) is 2.17. The first-order valence-electron chi connectivity index (χ1n) is 6.50. The van der Waals surface area contributed by atoms with E-state index in [0.717, 1.165) is 13.0 Å². The number of pyridine rings is 1. The summed E-state index contributed by atoms with van der Waals surface area (Å²) in [6, 6.07) is 5.67. The molecule has 2 aromatic rings. The molecule has 1 unspecified atom stereocenters. The molecule has 0 saturated heterocycles. The van der Waals surface area contributed by atoms with E-state index in [2.05, 4.69) is 28.8 Å². The molecule has 1 atom stereocenters. The zero-order valence-corrected chi connectivity index (χ0v) is 12.0. The Morgan fingerprint density at radius 2 is 2.35 bits per heavy atom. The Morgan fingerprint density at radius 3 is 3.05 bits per heavy atom. The molecule has 3 rings (SSSR count). The lowest BCUT2D eigenvalue weighted by atomic mass is 10.0. The monoisotopic (exact) mass is 288 g/mol. The fraction of sp³-hybridized carbons (Fsp3) is 0.286. The number of hydrazine groups is 1. The first kappa shape index (κ1) is 13.1. The second-order valence-corrected chi connectivity index (χ2v) is 5.80. The van der Waals surface area contributed by atoms with E-state index in [4.69, 9.17) is 5.84 Å². The number of amides is 1. The molecule has 20 heavy (non-hydrogen) atoms. The molecule has 6 heteroatoms. The van der Waals surface area contributed by atoms with Crippen LogP contribution in [0.15, 0.2) is 29.8 Å². The van der Waals surface area contributed by atoms with Gasteiger partial charge in [0.2, 0.25) is 0 Å². The van der Waals surface area contributed by atoms with E-state index >= 15 is 0 Å². The van der Waals surface area contributed by atoms with E-state index in [9.17, 15) is 4.79 Å². The Balaban J connectivity index is 1.84. The van der Waals surface area contributed by atoms with Crippen molar-refractivity contribution in [3.8, 4) is 0 Å². The number of nitrogens with two attached hydrogens (primary N) is 1. The SMILES string of the molecule is CC1c2ccsc2CCN1C(=O)c1ccc(NN)cn1. The summed E-state index contributed by atoms with van der Waals surface area (Å²) in [5, 5.41) is 2.09. The fourth-order valence-corrected chi connectivity index (χ4v) is 3.50. The van der Waals surface area contributed by atoms with Gasteiger partial charge in [0.25, 0.3) is 5.91 Å². The summed E-state index contributed by atoms with van der Waals surface area (Å²) in [6.45, 7) is 2.81. The number of nitrogens with one attached hydrogen (secondary N) is 1. The number of rotatable bonds is 2. The van der Waals surface area contributed by atoms with E-state index in [-0.39, 0.29) is 11.9 Å². The summed E-state index contributed by atoms with van der Waals surface area (Å²) in [6.07, 6.45) is 2.49. The highest BCUT2D eigenvalue weighted by Gasteiger charge is 2.29. The van der Waals surface area contributed by atoms with Crippen LogP contribution in [0.3, 0.4) is 0 Å². The molecule has 1 aliphatic rings. The van der Waals surface area contributed by atoms with Crippen molar-refractivity contribution in [3.63, 3.8) is 0 Å². The molecule has 104 valence electrons. The molecule has 0 aromatic carbocycles. The lowest BCUT2D eigenvalue weighted by Gasteiger charge is -2.33. The van der Waals surface area contributed by atoms with Gasteiger partial charge in [0.05, 0.1) is 17.9 Å². The number of nitrogen functional groups attached to an aromatic ring is 1. The fourth-order valence-electron chi connectivity index (χ4n) is 2.54.